The summed E-state index contributed by atoms with van der Waals surface area (Å²) >= 11 is 0. The van der Waals surface area contributed by atoms with Gasteiger partial charge in [-0.1, -0.05) is 0 Å². The van der Waals surface area contributed by atoms with Gasteiger partial charge >= 0.3 is 6.18 Å². The molecule has 0 aromatic carbocycles. The Hall–Kier alpha value is -1.33. The third-order valence-electron chi connectivity index (χ3n) is 0.904. The van der Waals surface area contributed by atoms with Gasteiger partial charge in [-0.2, -0.15) is 13.2 Å². The van der Waals surface area contributed by atoms with Crippen LogP contribution in [0.2, 0.25) is 0 Å². The van der Waals surface area contributed by atoms with Gasteiger partial charge in [0.2, 0.25) is 12.0 Å². The predicted molar refractivity (Wildman–Crippen MR) is 26.9 cm³/mol. The number of oxazole rings is 1. The molecule has 0 saturated carbocycles. The average molecular weight is 165 g/mol. The predicted octanol–water partition coefficient (Wildman–Crippen LogP) is 1.51. The monoisotopic (exact) mass is 165 g/mol. The van der Waals surface area contributed by atoms with Crippen molar-refractivity contribution in [3.8, 4) is 0 Å². The summed E-state index contributed by atoms with van der Waals surface area (Å²) in [5.41, 5.74) is 0. The molecule has 1 aromatic heterocycles. The fraction of sp³-hybridized carbons (Fsp3) is 0.200. The third-order valence-corrected chi connectivity index (χ3v) is 0.904. The van der Waals surface area contributed by atoms with Crippen LogP contribution in [0.5, 0.6) is 0 Å². The maximum absolute atomic E-state index is 11.7. The van der Waals surface area contributed by atoms with E-state index in [0.717, 1.165) is 0 Å². The summed E-state index contributed by atoms with van der Waals surface area (Å²) in [4.78, 5) is 12.9. The highest BCUT2D eigenvalue weighted by Gasteiger charge is 2.35. The highest BCUT2D eigenvalue weighted by Crippen LogP contribution is 2.28. The number of nitrogens with zero attached hydrogens (tertiary/aromatic N) is 1. The second kappa shape index (κ2) is 2.37. The number of aldehydes is 1. The Morgan fingerprint density at radius 3 is 2.45 bits per heavy atom. The molecule has 0 atom stereocenters. The molecule has 0 aliphatic carbocycles. The van der Waals surface area contributed by atoms with E-state index in [1.165, 1.54) is 0 Å². The van der Waals surface area contributed by atoms with Crippen LogP contribution in [0.1, 0.15) is 16.4 Å². The van der Waals surface area contributed by atoms with Gasteiger partial charge in [-0.05, 0) is 0 Å². The lowest BCUT2D eigenvalue weighted by atomic mass is 10.5. The van der Waals surface area contributed by atoms with Crippen molar-refractivity contribution in [3.05, 3.63) is 17.8 Å². The number of hydrogen-bond donors (Lipinski definition) is 0. The van der Waals surface area contributed by atoms with E-state index >= 15 is 0 Å². The fourth-order valence-corrected chi connectivity index (χ4v) is 0.473. The van der Waals surface area contributed by atoms with Gasteiger partial charge in [0.1, 0.15) is 0 Å². The number of carbonyl (C=O) groups is 1. The first kappa shape index (κ1) is 7.77. The van der Waals surface area contributed by atoms with Gasteiger partial charge in [-0.25, -0.2) is 4.98 Å². The van der Waals surface area contributed by atoms with E-state index in [9.17, 15) is 18.0 Å². The van der Waals surface area contributed by atoms with Crippen molar-refractivity contribution in [2.75, 3.05) is 0 Å². The van der Waals surface area contributed by atoms with E-state index in [1.807, 2.05) is 0 Å². The average Bonchev–Trinajstić information content (AvgIpc) is 2.32. The van der Waals surface area contributed by atoms with Crippen LogP contribution in [-0.2, 0) is 6.18 Å². The first-order valence-corrected chi connectivity index (χ1v) is 2.52. The lowest BCUT2D eigenvalue weighted by molar-refractivity contribution is -0.153. The normalized spacial score (nSPS) is 11.5. The van der Waals surface area contributed by atoms with Gasteiger partial charge in [0, 0.05) is 0 Å². The summed E-state index contributed by atoms with van der Waals surface area (Å²) in [5, 5.41) is 0. The zero-order valence-electron chi connectivity index (χ0n) is 5.05. The molecule has 1 aromatic rings. The molecular formula is C5H2F3NO2. The molecule has 0 unspecified atom stereocenters. The molecule has 3 nitrogen and oxygen atoms in total. The molecule has 0 aliphatic rings. The minimum Gasteiger partial charge on any atom is -0.429 e. The number of aromatic nitrogens is 1. The van der Waals surface area contributed by atoms with Crippen molar-refractivity contribution in [1.82, 2.24) is 4.98 Å². The zero-order chi connectivity index (χ0) is 8.48. The molecule has 0 N–H and O–H groups in total. The smallest absolute Gasteiger partial charge is 0.429 e. The van der Waals surface area contributed by atoms with Crippen molar-refractivity contribution in [2.45, 2.75) is 6.18 Å². The molecule has 11 heavy (non-hydrogen) atoms. The molecule has 1 heterocycles. The molecule has 0 saturated heterocycles. The number of carbonyl (C=O) groups excluding carboxylic acids is 1. The maximum Gasteiger partial charge on any atom is 0.451 e. The topological polar surface area (TPSA) is 43.1 Å². The largest absolute Gasteiger partial charge is 0.451 e. The van der Waals surface area contributed by atoms with Crippen molar-refractivity contribution < 1.29 is 22.4 Å². The van der Waals surface area contributed by atoms with E-state index in [2.05, 4.69) is 9.40 Å². The van der Waals surface area contributed by atoms with Gasteiger partial charge in [0.25, 0.3) is 5.89 Å². The summed E-state index contributed by atoms with van der Waals surface area (Å²) in [5.74, 6) is -1.84. The quantitative estimate of drug-likeness (QED) is 0.592. The van der Waals surface area contributed by atoms with Crippen molar-refractivity contribution in [1.29, 1.82) is 0 Å². The highest BCUT2D eigenvalue weighted by molar-refractivity contribution is 5.67. The highest BCUT2D eigenvalue weighted by atomic mass is 19.4. The van der Waals surface area contributed by atoms with Crippen LogP contribution >= 0.6 is 0 Å². The number of alkyl halides is 3. The van der Waals surface area contributed by atoms with Gasteiger partial charge in [-0.15, -0.1) is 0 Å². The van der Waals surface area contributed by atoms with Crippen LogP contribution in [0, 0.1) is 0 Å². The van der Waals surface area contributed by atoms with Crippen molar-refractivity contribution in [3.63, 3.8) is 0 Å². The van der Waals surface area contributed by atoms with Crippen LogP contribution < -0.4 is 0 Å². The zero-order valence-corrected chi connectivity index (χ0v) is 5.05. The second-order valence-corrected chi connectivity index (χ2v) is 1.68. The van der Waals surface area contributed by atoms with Gasteiger partial charge in [0.15, 0.2) is 0 Å². The van der Waals surface area contributed by atoms with Crippen molar-refractivity contribution in [2.24, 2.45) is 0 Å². The van der Waals surface area contributed by atoms with Crippen LogP contribution in [-0.4, -0.2) is 11.3 Å². The minimum absolute atomic E-state index is 0.106. The summed E-state index contributed by atoms with van der Waals surface area (Å²) in [6, 6.07) is 0. The second-order valence-electron chi connectivity index (χ2n) is 1.68. The molecular weight excluding hydrogens is 163 g/mol. The van der Waals surface area contributed by atoms with Gasteiger partial charge in [0.05, 0.1) is 6.20 Å². The van der Waals surface area contributed by atoms with E-state index in [0.29, 0.717) is 6.20 Å². The van der Waals surface area contributed by atoms with E-state index in [1.54, 1.807) is 0 Å². The first-order chi connectivity index (χ1) is 5.04. The van der Waals surface area contributed by atoms with Crippen LogP contribution in [0.25, 0.3) is 0 Å². The molecule has 6 heteroatoms. The lowest BCUT2D eigenvalue weighted by Gasteiger charge is -1.97. The molecule has 0 fully saturated rings. The first-order valence-electron chi connectivity index (χ1n) is 2.52. The third kappa shape index (κ3) is 1.57. The SMILES string of the molecule is O=Cc1ncc(C(F)(F)F)o1. The maximum atomic E-state index is 11.7. The summed E-state index contributed by atoms with van der Waals surface area (Å²) < 4.78 is 39.1. The Labute approximate surface area is 58.8 Å². The Bertz CT molecular complexity index is 265. The molecule has 0 bridgehead atoms. The molecule has 60 valence electrons. The summed E-state index contributed by atoms with van der Waals surface area (Å²) in [6.45, 7) is 0. The lowest BCUT2D eigenvalue weighted by Crippen LogP contribution is -2.02. The Kier molecular flexibility index (Phi) is 1.67. The standard InChI is InChI=1S/C5H2F3NO2/c6-5(7,8)3-1-9-4(2-10)11-3/h1-2H. The molecule has 0 spiro atoms. The van der Waals surface area contributed by atoms with E-state index in [4.69, 9.17) is 0 Å². The van der Waals surface area contributed by atoms with Gasteiger partial charge < -0.3 is 4.42 Å². The number of hydrogen-bond acceptors (Lipinski definition) is 3. The van der Waals surface area contributed by atoms with Gasteiger partial charge in [-0.3, -0.25) is 4.79 Å². The number of rotatable bonds is 1. The van der Waals surface area contributed by atoms with Crippen LogP contribution in [0.15, 0.2) is 10.6 Å². The molecule has 1 rings (SSSR count). The summed E-state index contributed by atoms with van der Waals surface area (Å²) in [6.07, 6.45) is -4.01. The minimum atomic E-state index is -4.58. The Balaban J connectivity index is 2.98. The molecule has 0 aliphatic heterocycles. The Morgan fingerprint density at radius 2 is 2.18 bits per heavy atom. The van der Waals surface area contributed by atoms with E-state index < -0.39 is 17.8 Å². The molecule has 0 amide bonds. The van der Waals surface area contributed by atoms with Crippen LogP contribution in [0.4, 0.5) is 13.2 Å². The van der Waals surface area contributed by atoms with Crippen LogP contribution in [0.3, 0.4) is 0 Å². The van der Waals surface area contributed by atoms with Crippen molar-refractivity contribution >= 4 is 6.29 Å². The van der Waals surface area contributed by atoms with E-state index in [-0.39, 0.29) is 6.29 Å². The fourth-order valence-electron chi connectivity index (χ4n) is 0.473. The Morgan fingerprint density at radius 1 is 1.55 bits per heavy atom. The summed E-state index contributed by atoms with van der Waals surface area (Å²) in [7, 11) is 0. The molecule has 0 radical (unpaired) electrons. The number of halogens is 3.